The highest BCUT2D eigenvalue weighted by molar-refractivity contribution is 7.89. The number of nitro benzene ring substituents is 1. The average molecular weight is 344 g/mol. The summed E-state index contributed by atoms with van der Waals surface area (Å²) in [7, 11) is -4.18. The lowest BCUT2D eigenvalue weighted by atomic mass is 10.0. The Morgan fingerprint density at radius 2 is 1.91 bits per heavy atom. The number of carboxylic acids is 1. The van der Waals surface area contributed by atoms with E-state index in [1.807, 2.05) is 0 Å². The fourth-order valence-corrected chi connectivity index (χ4v) is 4.06. The molecule has 0 aliphatic heterocycles. The van der Waals surface area contributed by atoms with Gasteiger partial charge in [0.1, 0.15) is 0 Å². The summed E-state index contributed by atoms with van der Waals surface area (Å²) in [5, 5.41) is 19.9. The number of nitrogens with zero attached hydrogens (tertiary/aromatic N) is 1. The fourth-order valence-electron chi connectivity index (χ4n) is 2.14. The molecule has 8 nitrogen and oxygen atoms in total. The zero-order valence-electron chi connectivity index (χ0n) is 13.4. The van der Waals surface area contributed by atoms with Gasteiger partial charge in [0.25, 0.3) is 5.69 Å². The Morgan fingerprint density at radius 1 is 1.35 bits per heavy atom. The van der Waals surface area contributed by atoms with Crippen LogP contribution in [0.3, 0.4) is 0 Å². The second-order valence-electron chi connectivity index (χ2n) is 6.00. The third kappa shape index (κ3) is 4.73. The Labute approximate surface area is 134 Å². The van der Waals surface area contributed by atoms with Gasteiger partial charge in [-0.2, -0.15) is 0 Å². The number of hydrogen-bond acceptors (Lipinski definition) is 5. The first-order chi connectivity index (χ1) is 10.4. The monoisotopic (exact) mass is 344 g/mol. The van der Waals surface area contributed by atoms with Crippen molar-refractivity contribution in [2.75, 3.05) is 0 Å². The van der Waals surface area contributed by atoms with Crippen LogP contribution in [0.5, 0.6) is 0 Å². The molecule has 0 atom stereocenters. The molecule has 0 heterocycles. The summed E-state index contributed by atoms with van der Waals surface area (Å²) in [6.45, 7) is 6.23. The fraction of sp³-hybridized carbons (Fsp3) is 0.500. The number of nitro groups is 1. The molecule has 1 rings (SSSR count). The van der Waals surface area contributed by atoms with Crippen molar-refractivity contribution in [2.24, 2.45) is 0 Å². The van der Waals surface area contributed by atoms with Crippen LogP contribution in [0.1, 0.15) is 37.8 Å². The second kappa shape index (κ2) is 6.63. The molecule has 0 radical (unpaired) electrons. The molecule has 0 saturated carbocycles. The van der Waals surface area contributed by atoms with Crippen LogP contribution in [0.15, 0.2) is 17.0 Å². The van der Waals surface area contributed by atoms with Crippen molar-refractivity contribution in [2.45, 2.75) is 51.0 Å². The van der Waals surface area contributed by atoms with Gasteiger partial charge in [0.05, 0.1) is 4.92 Å². The smallest absolute Gasteiger partial charge is 0.303 e. The Balaban J connectivity index is 3.31. The van der Waals surface area contributed by atoms with Gasteiger partial charge in [-0.15, -0.1) is 0 Å². The Hall–Kier alpha value is -2.00. The van der Waals surface area contributed by atoms with Crippen molar-refractivity contribution < 1.29 is 23.2 Å². The van der Waals surface area contributed by atoms with Crippen LogP contribution in [-0.4, -0.2) is 30.0 Å². The minimum absolute atomic E-state index is 0.0558. The number of aliphatic carboxylic acids is 1. The van der Waals surface area contributed by atoms with E-state index in [1.165, 1.54) is 26.8 Å². The van der Waals surface area contributed by atoms with E-state index in [2.05, 4.69) is 4.72 Å². The first kappa shape index (κ1) is 19.0. The lowest BCUT2D eigenvalue weighted by Crippen LogP contribution is -2.44. The number of sulfonamides is 1. The molecule has 9 heteroatoms. The number of aryl methyl sites for hydroxylation is 1. The predicted octanol–water partition coefficient (Wildman–Crippen LogP) is 2.13. The second-order valence-corrected chi connectivity index (χ2v) is 7.62. The summed E-state index contributed by atoms with van der Waals surface area (Å²) < 4.78 is 27.6. The zero-order valence-corrected chi connectivity index (χ0v) is 14.2. The Kier molecular flexibility index (Phi) is 5.49. The number of hydrogen-bond donors (Lipinski definition) is 2. The lowest BCUT2D eigenvalue weighted by molar-refractivity contribution is -0.387. The molecule has 1 aromatic carbocycles. The summed E-state index contributed by atoms with van der Waals surface area (Å²) in [6, 6.07) is 2.64. The van der Waals surface area contributed by atoms with Crippen LogP contribution >= 0.6 is 0 Å². The maximum absolute atomic E-state index is 12.6. The maximum atomic E-state index is 12.6. The van der Waals surface area contributed by atoms with Crippen LogP contribution < -0.4 is 4.72 Å². The predicted molar refractivity (Wildman–Crippen MR) is 83.8 cm³/mol. The van der Waals surface area contributed by atoms with Crippen molar-refractivity contribution in [3.8, 4) is 0 Å². The van der Waals surface area contributed by atoms with Crippen LogP contribution in [0.4, 0.5) is 5.69 Å². The third-order valence-corrected chi connectivity index (χ3v) is 5.37. The summed E-state index contributed by atoms with van der Waals surface area (Å²) in [6.07, 6.45) is -0.162. The molecule has 0 spiro atoms. The van der Waals surface area contributed by atoms with Crippen molar-refractivity contribution in [3.63, 3.8) is 0 Å². The van der Waals surface area contributed by atoms with Gasteiger partial charge in [-0.25, -0.2) is 13.1 Å². The minimum Gasteiger partial charge on any atom is -0.481 e. The molecule has 0 aliphatic carbocycles. The molecule has 0 aliphatic rings. The molecule has 0 bridgehead atoms. The van der Waals surface area contributed by atoms with E-state index in [0.29, 0.717) is 11.1 Å². The summed E-state index contributed by atoms with van der Waals surface area (Å²) >= 11 is 0. The summed E-state index contributed by atoms with van der Waals surface area (Å²) in [5.41, 5.74) is -0.656. The molecule has 0 unspecified atom stereocenters. The Morgan fingerprint density at radius 3 is 2.39 bits per heavy atom. The molecule has 2 N–H and O–H groups in total. The van der Waals surface area contributed by atoms with Crippen LogP contribution in [-0.2, 0) is 14.8 Å². The first-order valence-corrected chi connectivity index (χ1v) is 8.36. The van der Waals surface area contributed by atoms with E-state index in [4.69, 9.17) is 5.11 Å². The first-order valence-electron chi connectivity index (χ1n) is 6.88. The van der Waals surface area contributed by atoms with E-state index < -0.39 is 32.1 Å². The Bertz CT molecular complexity index is 740. The van der Waals surface area contributed by atoms with Gasteiger partial charge in [0.2, 0.25) is 10.0 Å². The molecule has 23 heavy (non-hydrogen) atoms. The average Bonchev–Trinajstić information content (AvgIpc) is 2.37. The highest BCUT2D eigenvalue weighted by Crippen LogP contribution is 2.30. The highest BCUT2D eigenvalue weighted by Gasteiger charge is 2.33. The van der Waals surface area contributed by atoms with E-state index in [0.717, 1.165) is 6.07 Å². The normalized spacial score (nSPS) is 12.2. The van der Waals surface area contributed by atoms with Crippen molar-refractivity contribution in [3.05, 3.63) is 33.4 Å². The van der Waals surface area contributed by atoms with Crippen LogP contribution in [0, 0.1) is 24.0 Å². The van der Waals surface area contributed by atoms with E-state index >= 15 is 0 Å². The molecule has 0 amide bonds. The molecular weight excluding hydrogens is 324 g/mol. The van der Waals surface area contributed by atoms with Crippen LogP contribution in [0.25, 0.3) is 0 Å². The molecule has 0 saturated heterocycles. The quantitative estimate of drug-likeness (QED) is 0.576. The number of rotatable bonds is 7. The van der Waals surface area contributed by atoms with E-state index in [9.17, 15) is 23.3 Å². The van der Waals surface area contributed by atoms with Crippen molar-refractivity contribution >= 4 is 21.7 Å². The zero-order chi connectivity index (χ0) is 18.0. The molecule has 0 fully saturated rings. The SMILES string of the molecule is Cc1ccc([N+](=O)[O-])c(S(=O)(=O)NC(C)(C)CCC(=O)O)c1C. The number of nitrogens with one attached hydrogen (secondary N) is 1. The maximum Gasteiger partial charge on any atom is 0.303 e. The van der Waals surface area contributed by atoms with Gasteiger partial charge in [0, 0.05) is 18.0 Å². The molecule has 0 aromatic heterocycles. The number of carbonyl (C=O) groups is 1. The highest BCUT2D eigenvalue weighted by atomic mass is 32.2. The molecule has 1 aromatic rings. The lowest BCUT2D eigenvalue weighted by Gasteiger charge is -2.25. The molecular formula is C14H20N2O6S. The minimum atomic E-state index is -4.18. The van der Waals surface area contributed by atoms with Gasteiger partial charge in [0.15, 0.2) is 4.90 Å². The third-order valence-electron chi connectivity index (χ3n) is 3.50. The van der Waals surface area contributed by atoms with E-state index in [1.54, 1.807) is 6.92 Å². The van der Waals surface area contributed by atoms with Crippen LogP contribution in [0.2, 0.25) is 0 Å². The van der Waals surface area contributed by atoms with E-state index in [-0.39, 0.29) is 17.7 Å². The van der Waals surface area contributed by atoms with Gasteiger partial charge < -0.3 is 5.11 Å². The summed E-state index contributed by atoms with van der Waals surface area (Å²) in [5.74, 6) is -1.05. The van der Waals surface area contributed by atoms with Crippen molar-refractivity contribution in [1.82, 2.24) is 4.72 Å². The topological polar surface area (TPSA) is 127 Å². The van der Waals surface area contributed by atoms with Crippen molar-refractivity contribution in [1.29, 1.82) is 0 Å². The standard InChI is InChI=1S/C14H20N2O6S/c1-9-5-6-11(16(19)20)13(10(9)2)23(21,22)15-14(3,4)8-7-12(17)18/h5-6,15H,7-8H2,1-4H3,(H,17,18). The van der Waals surface area contributed by atoms with Gasteiger partial charge in [-0.05, 0) is 45.2 Å². The van der Waals surface area contributed by atoms with Gasteiger partial charge >= 0.3 is 5.97 Å². The van der Waals surface area contributed by atoms with Gasteiger partial charge in [-0.3, -0.25) is 14.9 Å². The molecule has 128 valence electrons. The summed E-state index contributed by atoms with van der Waals surface area (Å²) in [4.78, 5) is 20.7. The largest absolute Gasteiger partial charge is 0.481 e. The number of carboxylic acid groups (broad SMARTS) is 1. The van der Waals surface area contributed by atoms with Gasteiger partial charge in [-0.1, -0.05) is 6.07 Å². The number of benzene rings is 1.